The third-order valence-corrected chi connectivity index (χ3v) is 6.99. The van der Waals surface area contributed by atoms with Crippen LogP contribution in [0.1, 0.15) is 51.7 Å². The molecule has 0 saturated carbocycles. The molecule has 0 amide bonds. The average Bonchev–Trinajstić information content (AvgIpc) is 3.02. The van der Waals surface area contributed by atoms with E-state index in [1.807, 2.05) is 18.2 Å². The molecule has 0 radical (unpaired) electrons. The zero-order valence-electron chi connectivity index (χ0n) is 19.5. The minimum atomic E-state index is 0.0107. The van der Waals surface area contributed by atoms with Crippen molar-refractivity contribution in [2.75, 3.05) is 0 Å². The van der Waals surface area contributed by atoms with Crippen LogP contribution in [0.25, 0.3) is 33.0 Å². The standard InChI is InChI=1S/C31H32O/c1-20(2)18-31(19-21(3)4)28-12-8-7-11-26(28)27-16-14-23(17-29(27)31)25-15-13-22-9-5-6-10-24(22)30(25)32/h5-17,20-21,32H,18-19H2,1-4H3. The Morgan fingerprint density at radius 2 is 1.28 bits per heavy atom. The van der Waals surface area contributed by atoms with E-state index in [9.17, 15) is 5.11 Å². The molecule has 0 spiro atoms. The maximum absolute atomic E-state index is 11.1. The molecule has 0 aliphatic heterocycles. The molecule has 1 N–H and O–H groups in total. The number of benzene rings is 4. The number of rotatable bonds is 5. The van der Waals surface area contributed by atoms with Crippen LogP contribution in [0.15, 0.2) is 78.9 Å². The SMILES string of the molecule is CC(C)CC1(CC(C)C)c2ccccc2-c2ccc(-c3ccc4ccccc4c3O)cc21. The molecule has 1 aliphatic carbocycles. The molecule has 0 heterocycles. The number of fused-ring (bicyclic) bond motifs is 4. The summed E-state index contributed by atoms with van der Waals surface area (Å²) < 4.78 is 0. The van der Waals surface area contributed by atoms with Gasteiger partial charge in [0.1, 0.15) is 5.75 Å². The lowest BCUT2D eigenvalue weighted by Crippen LogP contribution is -2.29. The lowest BCUT2D eigenvalue weighted by atomic mass is 9.67. The molecule has 32 heavy (non-hydrogen) atoms. The third-order valence-electron chi connectivity index (χ3n) is 6.99. The van der Waals surface area contributed by atoms with E-state index >= 15 is 0 Å². The molecule has 0 aromatic heterocycles. The lowest BCUT2D eigenvalue weighted by molar-refractivity contribution is 0.337. The summed E-state index contributed by atoms with van der Waals surface area (Å²) >= 11 is 0. The van der Waals surface area contributed by atoms with Crippen LogP contribution in [-0.4, -0.2) is 5.11 Å². The summed E-state index contributed by atoms with van der Waals surface area (Å²) in [5, 5.41) is 13.1. The maximum atomic E-state index is 11.1. The van der Waals surface area contributed by atoms with E-state index < -0.39 is 0 Å². The fourth-order valence-corrected chi connectivity index (χ4v) is 6.03. The van der Waals surface area contributed by atoms with Crippen molar-refractivity contribution in [2.45, 2.75) is 46.0 Å². The molecule has 1 nitrogen and oxygen atoms in total. The second-order valence-electron chi connectivity index (χ2n) is 10.3. The Kier molecular flexibility index (Phi) is 5.08. The molecule has 162 valence electrons. The zero-order chi connectivity index (χ0) is 22.5. The summed E-state index contributed by atoms with van der Waals surface area (Å²) in [5.74, 6) is 1.55. The van der Waals surface area contributed by atoms with Gasteiger partial charge in [-0.2, -0.15) is 0 Å². The molecular formula is C31H32O. The fraction of sp³-hybridized carbons (Fsp3) is 0.290. The third kappa shape index (κ3) is 3.23. The minimum absolute atomic E-state index is 0.0107. The predicted molar refractivity (Wildman–Crippen MR) is 136 cm³/mol. The summed E-state index contributed by atoms with van der Waals surface area (Å²) in [6.45, 7) is 9.34. The van der Waals surface area contributed by atoms with Crippen molar-refractivity contribution in [1.29, 1.82) is 0 Å². The van der Waals surface area contributed by atoms with E-state index in [4.69, 9.17) is 0 Å². The second-order valence-corrected chi connectivity index (χ2v) is 10.3. The second kappa shape index (κ2) is 7.81. The Bertz CT molecular complexity index is 1290. The van der Waals surface area contributed by atoms with Gasteiger partial charge in [0.2, 0.25) is 0 Å². The monoisotopic (exact) mass is 420 g/mol. The van der Waals surface area contributed by atoms with Gasteiger partial charge < -0.3 is 5.11 Å². The quantitative estimate of drug-likeness (QED) is 0.343. The lowest BCUT2D eigenvalue weighted by Gasteiger charge is -2.36. The maximum Gasteiger partial charge on any atom is 0.131 e. The molecule has 1 aliphatic rings. The highest BCUT2D eigenvalue weighted by Crippen LogP contribution is 2.55. The summed E-state index contributed by atoms with van der Waals surface area (Å²) in [5.41, 5.74) is 7.63. The minimum Gasteiger partial charge on any atom is -0.507 e. The van der Waals surface area contributed by atoms with Crippen LogP contribution < -0.4 is 0 Å². The summed E-state index contributed by atoms with van der Waals surface area (Å²) in [6, 6.07) is 28.0. The fourth-order valence-electron chi connectivity index (χ4n) is 6.03. The zero-order valence-corrected chi connectivity index (χ0v) is 19.5. The van der Waals surface area contributed by atoms with E-state index in [2.05, 4.69) is 88.4 Å². The van der Waals surface area contributed by atoms with Crippen molar-refractivity contribution >= 4 is 10.8 Å². The van der Waals surface area contributed by atoms with Crippen LogP contribution in [0.3, 0.4) is 0 Å². The summed E-state index contributed by atoms with van der Waals surface area (Å²) in [6.07, 6.45) is 2.25. The first-order chi connectivity index (χ1) is 15.4. The van der Waals surface area contributed by atoms with Crippen LogP contribution in [-0.2, 0) is 5.41 Å². The van der Waals surface area contributed by atoms with Crippen LogP contribution >= 0.6 is 0 Å². The molecule has 0 bridgehead atoms. The van der Waals surface area contributed by atoms with Crippen molar-refractivity contribution in [3.05, 3.63) is 90.0 Å². The van der Waals surface area contributed by atoms with Gasteiger partial charge in [0.05, 0.1) is 0 Å². The van der Waals surface area contributed by atoms with Gasteiger partial charge in [-0.1, -0.05) is 100 Å². The molecule has 0 fully saturated rings. The van der Waals surface area contributed by atoms with Crippen molar-refractivity contribution in [3.8, 4) is 28.0 Å². The van der Waals surface area contributed by atoms with Crippen LogP contribution in [0.5, 0.6) is 5.75 Å². The Morgan fingerprint density at radius 1 is 0.656 bits per heavy atom. The molecule has 0 unspecified atom stereocenters. The van der Waals surface area contributed by atoms with Gasteiger partial charge in [-0.25, -0.2) is 0 Å². The number of aromatic hydroxyl groups is 1. The highest BCUT2D eigenvalue weighted by Gasteiger charge is 2.43. The number of phenols is 1. The van der Waals surface area contributed by atoms with Gasteiger partial charge in [-0.15, -0.1) is 0 Å². The van der Waals surface area contributed by atoms with Crippen molar-refractivity contribution < 1.29 is 5.11 Å². The molecule has 0 saturated heterocycles. The molecule has 4 aromatic carbocycles. The Morgan fingerprint density at radius 3 is 2.03 bits per heavy atom. The van der Waals surface area contributed by atoms with E-state index in [0.29, 0.717) is 17.6 Å². The van der Waals surface area contributed by atoms with Crippen LogP contribution in [0.2, 0.25) is 0 Å². The number of hydrogen-bond acceptors (Lipinski definition) is 1. The van der Waals surface area contributed by atoms with E-state index in [0.717, 1.165) is 34.7 Å². The van der Waals surface area contributed by atoms with Gasteiger partial charge in [0, 0.05) is 16.4 Å². The predicted octanol–water partition coefficient (Wildman–Crippen LogP) is 8.57. The highest BCUT2D eigenvalue weighted by atomic mass is 16.3. The number of phenolic OH excluding ortho intramolecular Hbond substituents is 1. The van der Waals surface area contributed by atoms with E-state index in [1.165, 1.54) is 22.3 Å². The molecule has 4 aromatic rings. The van der Waals surface area contributed by atoms with Crippen molar-refractivity contribution in [2.24, 2.45) is 11.8 Å². The first-order valence-electron chi connectivity index (χ1n) is 11.9. The van der Waals surface area contributed by atoms with Gasteiger partial charge in [-0.05, 0) is 63.9 Å². The Labute approximate surface area is 191 Å². The van der Waals surface area contributed by atoms with Crippen molar-refractivity contribution in [1.82, 2.24) is 0 Å². The Hall–Kier alpha value is -3.06. The van der Waals surface area contributed by atoms with E-state index in [-0.39, 0.29) is 5.41 Å². The topological polar surface area (TPSA) is 20.2 Å². The summed E-state index contributed by atoms with van der Waals surface area (Å²) in [4.78, 5) is 0. The molecule has 5 rings (SSSR count). The van der Waals surface area contributed by atoms with Crippen LogP contribution in [0, 0.1) is 11.8 Å². The normalized spacial score (nSPS) is 14.2. The first kappa shape index (κ1) is 20.8. The van der Waals surface area contributed by atoms with Crippen LogP contribution in [0.4, 0.5) is 0 Å². The van der Waals surface area contributed by atoms with Gasteiger partial charge >= 0.3 is 0 Å². The van der Waals surface area contributed by atoms with Gasteiger partial charge in [0.15, 0.2) is 0 Å². The van der Waals surface area contributed by atoms with Gasteiger partial charge in [0.25, 0.3) is 0 Å². The first-order valence-corrected chi connectivity index (χ1v) is 11.9. The average molecular weight is 421 g/mol. The smallest absolute Gasteiger partial charge is 0.131 e. The largest absolute Gasteiger partial charge is 0.507 e. The molecular weight excluding hydrogens is 388 g/mol. The van der Waals surface area contributed by atoms with Gasteiger partial charge in [-0.3, -0.25) is 0 Å². The number of hydrogen-bond donors (Lipinski definition) is 1. The Balaban J connectivity index is 1.75. The molecule has 0 atom stereocenters. The highest BCUT2D eigenvalue weighted by molar-refractivity contribution is 5.95. The van der Waals surface area contributed by atoms with Crippen molar-refractivity contribution in [3.63, 3.8) is 0 Å². The molecule has 1 heteroatoms. The summed E-state index contributed by atoms with van der Waals surface area (Å²) in [7, 11) is 0. The van der Waals surface area contributed by atoms with E-state index in [1.54, 1.807) is 0 Å².